The Morgan fingerprint density at radius 3 is 1.90 bits per heavy atom. The predicted molar refractivity (Wildman–Crippen MR) is 78.3 cm³/mol. The van der Waals surface area contributed by atoms with Crippen molar-refractivity contribution in [2.45, 2.75) is 20.0 Å². The molecule has 0 aliphatic heterocycles. The van der Waals surface area contributed by atoms with Crippen LogP contribution in [0, 0.1) is 13.8 Å². The number of hydrogen-bond acceptors (Lipinski definition) is 5. The lowest BCUT2D eigenvalue weighted by Gasteiger charge is -2.19. The molecule has 1 heterocycles. The summed E-state index contributed by atoms with van der Waals surface area (Å²) in [7, 11) is 4.64. The molecule has 5 heteroatoms. The minimum absolute atomic E-state index is 0.497. The lowest BCUT2D eigenvalue weighted by molar-refractivity contribution is 0.206. The minimum Gasteiger partial charge on any atom is -0.496 e. The van der Waals surface area contributed by atoms with Gasteiger partial charge in [0.25, 0.3) is 0 Å². The molecule has 0 spiro atoms. The van der Waals surface area contributed by atoms with Crippen LogP contribution < -0.4 is 14.2 Å². The Balaban J connectivity index is 2.58. The molecule has 0 amide bonds. The van der Waals surface area contributed by atoms with E-state index in [-0.39, 0.29) is 0 Å². The van der Waals surface area contributed by atoms with Crippen molar-refractivity contribution in [3.63, 3.8) is 0 Å². The van der Waals surface area contributed by atoms with Crippen LogP contribution in [-0.4, -0.2) is 26.4 Å². The third kappa shape index (κ3) is 2.83. The third-order valence-electron chi connectivity index (χ3n) is 3.40. The van der Waals surface area contributed by atoms with Crippen molar-refractivity contribution >= 4 is 0 Å². The number of aliphatic hydroxyl groups excluding tert-OH is 1. The largest absolute Gasteiger partial charge is 0.496 e. The lowest BCUT2D eigenvalue weighted by Crippen LogP contribution is -2.06. The summed E-state index contributed by atoms with van der Waals surface area (Å²) in [6.07, 6.45) is -0.904. The quantitative estimate of drug-likeness (QED) is 0.918. The topological polar surface area (TPSA) is 61.1 Å². The molecule has 1 N–H and O–H groups in total. The van der Waals surface area contributed by atoms with E-state index in [1.54, 1.807) is 19.2 Å². The third-order valence-corrected chi connectivity index (χ3v) is 3.40. The van der Waals surface area contributed by atoms with Gasteiger partial charge in [0, 0.05) is 17.7 Å². The number of methoxy groups -OCH3 is 3. The normalized spacial score (nSPS) is 12.1. The summed E-state index contributed by atoms with van der Waals surface area (Å²) in [4.78, 5) is 0. The molecule has 2 rings (SSSR count). The van der Waals surface area contributed by atoms with Gasteiger partial charge in [0.05, 0.1) is 26.9 Å². The van der Waals surface area contributed by atoms with Crippen molar-refractivity contribution in [3.05, 3.63) is 40.8 Å². The maximum atomic E-state index is 10.7. The monoisotopic (exact) mass is 292 g/mol. The van der Waals surface area contributed by atoms with Crippen molar-refractivity contribution in [1.29, 1.82) is 0 Å². The van der Waals surface area contributed by atoms with E-state index >= 15 is 0 Å². The van der Waals surface area contributed by atoms with E-state index in [9.17, 15) is 5.11 Å². The summed E-state index contributed by atoms with van der Waals surface area (Å²) in [5.41, 5.74) is 1.24. The van der Waals surface area contributed by atoms with Crippen LogP contribution in [0.5, 0.6) is 17.2 Å². The van der Waals surface area contributed by atoms with E-state index in [1.165, 1.54) is 14.2 Å². The molecule has 2 aromatic rings. The molecule has 0 saturated carbocycles. The van der Waals surface area contributed by atoms with Crippen LogP contribution in [0.3, 0.4) is 0 Å². The number of rotatable bonds is 5. The molecular weight excluding hydrogens is 272 g/mol. The summed E-state index contributed by atoms with van der Waals surface area (Å²) in [5.74, 6) is 3.00. The molecule has 0 fully saturated rings. The van der Waals surface area contributed by atoms with Crippen molar-refractivity contribution in [1.82, 2.24) is 0 Å². The Hall–Kier alpha value is -2.14. The number of aryl methyl sites for hydroxylation is 2. The first kappa shape index (κ1) is 15.3. The van der Waals surface area contributed by atoms with Gasteiger partial charge >= 0.3 is 0 Å². The van der Waals surface area contributed by atoms with E-state index in [0.717, 1.165) is 5.76 Å². The fourth-order valence-electron chi connectivity index (χ4n) is 2.38. The first-order chi connectivity index (χ1) is 10.0. The molecule has 21 heavy (non-hydrogen) atoms. The molecule has 0 bridgehead atoms. The standard InChI is InChI=1S/C16H20O5/c1-9-6-12(10(2)21-9)16(17)15-13(19-4)7-11(18-3)8-14(15)20-5/h6-8,16-17H,1-5H3. The van der Waals surface area contributed by atoms with Gasteiger partial charge in [0.15, 0.2) is 0 Å². The Labute approximate surface area is 124 Å². The molecule has 1 aromatic heterocycles. The predicted octanol–water partition coefficient (Wildman–Crippen LogP) is 3.00. The maximum absolute atomic E-state index is 10.7. The summed E-state index contributed by atoms with van der Waals surface area (Å²) in [6, 6.07) is 5.23. The van der Waals surface area contributed by atoms with Crippen LogP contribution in [0.25, 0.3) is 0 Å². The van der Waals surface area contributed by atoms with E-state index < -0.39 is 6.10 Å². The SMILES string of the molecule is COc1cc(OC)c(C(O)c2cc(C)oc2C)c(OC)c1. The number of ether oxygens (including phenoxy) is 3. The zero-order valence-corrected chi connectivity index (χ0v) is 12.9. The van der Waals surface area contributed by atoms with Gasteiger partial charge < -0.3 is 23.7 Å². The maximum Gasteiger partial charge on any atom is 0.132 e. The zero-order valence-electron chi connectivity index (χ0n) is 12.9. The first-order valence-electron chi connectivity index (χ1n) is 6.56. The van der Waals surface area contributed by atoms with Crippen LogP contribution in [0.2, 0.25) is 0 Å². The molecule has 1 unspecified atom stereocenters. The van der Waals surface area contributed by atoms with E-state index in [4.69, 9.17) is 18.6 Å². The number of aliphatic hydroxyl groups is 1. The second kappa shape index (κ2) is 6.10. The Morgan fingerprint density at radius 2 is 1.52 bits per heavy atom. The number of hydrogen-bond donors (Lipinski definition) is 1. The van der Waals surface area contributed by atoms with Gasteiger partial charge in [-0.15, -0.1) is 0 Å². The van der Waals surface area contributed by atoms with Gasteiger partial charge in [-0.3, -0.25) is 0 Å². The van der Waals surface area contributed by atoms with E-state index in [0.29, 0.717) is 34.1 Å². The van der Waals surface area contributed by atoms with Crippen LogP contribution in [-0.2, 0) is 0 Å². The van der Waals surface area contributed by atoms with Gasteiger partial charge in [0.2, 0.25) is 0 Å². The summed E-state index contributed by atoms with van der Waals surface area (Å²) < 4.78 is 21.4. The number of furan rings is 1. The fourth-order valence-corrected chi connectivity index (χ4v) is 2.38. The van der Waals surface area contributed by atoms with Crippen molar-refractivity contribution in [3.8, 4) is 17.2 Å². The van der Waals surface area contributed by atoms with Crippen LogP contribution >= 0.6 is 0 Å². The highest BCUT2D eigenvalue weighted by Crippen LogP contribution is 2.41. The number of benzene rings is 1. The second-order valence-corrected chi connectivity index (χ2v) is 4.72. The Morgan fingerprint density at radius 1 is 0.952 bits per heavy atom. The van der Waals surface area contributed by atoms with Crippen molar-refractivity contribution in [2.75, 3.05) is 21.3 Å². The highest BCUT2D eigenvalue weighted by molar-refractivity contribution is 5.54. The molecule has 0 saturated heterocycles. The van der Waals surface area contributed by atoms with Gasteiger partial charge in [-0.2, -0.15) is 0 Å². The second-order valence-electron chi connectivity index (χ2n) is 4.72. The molecule has 0 aliphatic rings. The summed E-state index contributed by atoms with van der Waals surface area (Å²) in [6.45, 7) is 3.65. The highest BCUT2D eigenvalue weighted by Gasteiger charge is 2.25. The van der Waals surface area contributed by atoms with Crippen molar-refractivity contribution in [2.24, 2.45) is 0 Å². The van der Waals surface area contributed by atoms with Crippen LogP contribution in [0.4, 0.5) is 0 Å². The minimum atomic E-state index is -0.904. The van der Waals surface area contributed by atoms with E-state index in [1.807, 2.05) is 19.9 Å². The zero-order chi connectivity index (χ0) is 15.6. The van der Waals surface area contributed by atoms with Gasteiger partial charge in [-0.05, 0) is 19.9 Å². The smallest absolute Gasteiger partial charge is 0.132 e. The average Bonchev–Trinajstić information content (AvgIpc) is 2.83. The molecule has 1 atom stereocenters. The molecular formula is C16H20O5. The van der Waals surface area contributed by atoms with E-state index in [2.05, 4.69) is 0 Å². The lowest BCUT2D eigenvalue weighted by atomic mass is 9.99. The Kier molecular flexibility index (Phi) is 4.43. The van der Waals surface area contributed by atoms with Gasteiger partial charge in [-0.25, -0.2) is 0 Å². The Bertz CT molecular complexity index is 605. The summed E-state index contributed by atoms with van der Waals surface area (Å²) in [5, 5.41) is 10.7. The van der Waals surface area contributed by atoms with Gasteiger partial charge in [-0.1, -0.05) is 0 Å². The molecule has 0 aliphatic carbocycles. The molecule has 5 nitrogen and oxygen atoms in total. The molecule has 0 radical (unpaired) electrons. The first-order valence-corrected chi connectivity index (χ1v) is 6.56. The van der Waals surface area contributed by atoms with Gasteiger partial charge in [0.1, 0.15) is 34.9 Å². The molecule has 114 valence electrons. The molecule has 1 aromatic carbocycles. The van der Waals surface area contributed by atoms with Crippen LogP contribution in [0.1, 0.15) is 28.8 Å². The fraction of sp³-hybridized carbons (Fsp3) is 0.375. The highest BCUT2D eigenvalue weighted by atomic mass is 16.5. The average molecular weight is 292 g/mol. The summed E-state index contributed by atoms with van der Waals surface area (Å²) >= 11 is 0. The van der Waals surface area contributed by atoms with Crippen molar-refractivity contribution < 1.29 is 23.7 Å². The van der Waals surface area contributed by atoms with Crippen LogP contribution in [0.15, 0.2) is 22.6 Å².